The van der Waals surface area contributed by atoms with Crippen molar-refractivity contribution in [3.63, 3.8) is 0 Å². The second-order valence-corrected chi connectivity index (χ2v) is 4.43. The van der Waals surface area contributed by atoms with Crippen molar-refractivity contribution in [2.24, 2.45) is 0 Å². The zero-order valence-electron chi connectivity index (χ0n) is 11.4. The maximum absolute atomic E-state index is 10.4. The molecule has 2 aromatic rings. The van der Waals surface area contributed by atoms with Gasteiger partial charge < -0.3 is 14.9 Å². The van der Waals surface area contributed by atoms with Crippen LogP contribution >= 0.6 is 0 Å². The van der Waals surface area contributed by atoms with Gasteiger partial charge in [-0.05, 0) is 18.9 Å². The molecule has 2 N–H and O–H groups in total. The summed E-state index contributed by atoms with van der Waals surface area (Å²) in [4.78, 5) is 0. The molecule has 0 spiro atoms. The highest BCUT2D eigenvalue weighted by Gasteiger charge is 2.21. The molecule has 0 aliphatic rings. The van der Waals surface area contributed by atoms with Crippen LogP contribution in [-0.2, 0) is 6.42 Å². The minimum atomic E-state index is 0.0275. The fourth-order valence-electron chi connectivity index (χ4n) is 2.41. The highest BCUT2D eigenvalue weighted by atomic mass is 16.5. The van der Waals surface area contributed by atoms with Gasteiger partial charge in [0.15, 0.2) is 11.5 Å². The maximum Gasteiger partial charge on any atom is 0.164 e. The van der Waals surface area contributed by atoms with Gasteiger partial charge in [-0.2, -0.15) is 0 Å². The summed E-state index contributed by atoms with van der Waals surface area (Å²) in [6.45, 7) is 3.72. The number of phenolic OH excluding ortho intramolecular Hbond substituents is 2. The molecule has 3 heteroatoms. The van der Waals surface area contributed by atoms with Gasteiger partial charge in [0.1, 0.15) is 5.75 Å². The van der Waals surface area contributed by atoms with Crippen LogP contribution in [0.5, 0.6) is 17.2 Å². The van der Waals surface area contributed by atoms with Gasteiger partial charge in [0.2, 0.25) is 0 Å². The lowest BCUT2D eigenvalue weighted by molar-refractivity contribution is 0.363. The van der Waals surface area contributed by atoms with Gasteiger partial charge in [-0.25, -0.2) is 0 Å². The topological polar surface area (TPSA) is 49.7 Å². The Bertz CT molecular complexity index is 558. The minimum absolute atomic E-state index is 0.0275. The molecule has 0 fully saturated rings. The van der Waals surface area contributed by atoms with Gasteiger partial charge in [0.05, 0.1) is 7.11 Å². The summed E-state index contributed by atoms with van der Waals surface area (Å²) in [6, 6.07) is 9.61. The van der Waals surface area contributed by atoms with Crippen molar-refractivity contribution in [3.05, 3.63) is 41.5 Å². The van der Waals surface area contributed by atoms with E-state index in [-0.39, 0.29) is 11.5 Å². The SMILES string of the molecule is CCc1c(O)c(OC)c(C)c(-c2ccccc2)c1O. The maximum atomic E-state index is 10.4. The third-order valence-electron chi connectivity index (χ3n) is 3.36. The predicted molar refractivity (Wildman–Crippen MR) is 75.9 cm³/mol. The molecule has 0 saturated carbocycles. The summed E-state index contributed by atoms with van der Waals surface area (Å²) in [5.74, 6) is 0.581. The lowest BCUT2D eigenvalue weighted by Gasteiger charge is -2.18. The van der Waals surface area contributed by atoms with Gasteiger partial charge >= 0.3 is 0 Å². The molecular weight excluding hydrogens is 240 g/mol. The van der Waals surface area contributed by atoms with Crippen molar-refractivity contribution in [3.8, 4) is 28.4 Å². The lowest BCUT2D eigenvalue weighted by Crippen LogP contribution is -1.96. The van der Waals surface area contributed by atoms with Crippen LogP contribution in [0.2, 0.25) is 0 Å². The standard InChI is InChI=1S/C16H18O3/c1-4-12-14(17)13(11-8-6-5-7-9-11)10(2)16(19-3)15(12)18/h5-9,17-18H,4H2,1-3H3. The first-order valence-electron chi connectivity index (χ1n) is 6.28. The summed E-state index contributed by atoms with van der Waals surface area (Å²) in [5.41, 5.74) is 2.87. The molecule has 0 radical (unpaired) electrons. The zero-order valence-corrected chi connectivity index (χ0v) is 11.4. The van der Waals surface area contributed by atoms with E-state index in [0.29, 0.717) is 23.3 Å². The molecule has 0 saturated heterocycles. The van der Waals surface area contributed by atoms with Crippen molar-refractivity contribution in [2.75, 3.05) is 7.11 Å². The Balaban J connectivity index is 2.81. The van der Waals surface area contributed by atoms with Gasteiger partial charge in [-0.3, -0.25) is 0 Å². The Morgan fingerprint density at radius 3 is 2.21 bits per heavy atom. The number of methoxy groups -OCH3 is 1. The Labute approximate surface area is 113 Å². The highest BCUT2D eigenvalue weighted by molar-refractivity contribution is 5.80. The quantitative estimate of drug-likeness (QED) is 0.883. The van der Waals surface area contributed by atoms with Crippen LogP contribution in [0.4, 0.5) is 0 Å². The fourth-order valence-corrected chi connectivity index (χ4v) is 2.41. The van der Waals surface area contributed by atoms with E-state index in [1.807, 2.05) is 44.2 Å². The first kappa shape index (κ1) is 13.3. The Hall–Kier alpha value is -2.16. The molecule has 2 aromatic carbocycles. The van der Waals surface area contributed by atoms with E-state index in [1.54, 1.807) is 0 Å². The van der Waals surface area contributed by atoms with Crippen LogP contribution in [0.1, 0.15) is 18.1 Å². The molecule has 0 aliphatic carbocycles. The third kappa shape index (κ3) is 2.12. The second kappa shape index (κ2) is 5.22. The average molecular weight is 258 g/mol. The van der Waals surface area contributed by atoms with E-state index in [2.05, 4.69) is 0 Å². The average Bonchev–Trinajstić information content (AvgIpc) is 2.41. The monoisotopic (exact) mass is 258 g/mol. The summed E-state index contributed by atoms with van der Waals surface area (Å²) in [7, 11) is 1.52. The molecular formula is C16H18O3. The third-order valence-corrected chi connectivity index (χ3v) is 3.36. The van der Waals surface area contributed by atoms with E-state index in [4.69, 9.17) is 4.74 Å². The van der Waals surface area contributed by atoms with Gasteiger partial charge in [0, 0.05) is 16.7 Å². The molecule has 0 amide bonds. The Kier molecular flexibility index (Phi) is 3.65. The Morgan fingerprint density at radius 2 is 1.68 bits per heavy atom. The van der Waals surface area contributed by atoms with E-state index in [1.165, 1.54) is 7.11 Å². The number of hydrogen-bond acceptors (Lipinski definition) is 3. The van der Waals surface area contributed by atoms with E-state index >= 15 is 0 Å². The number of hydrogen-bond donors (Lipinski definition) is 2. The van der Waals surface area contributed by atoms with Crippen molar-refractivity contribution < 1.29 is 14.9 Å². The summed E-state index contributed by atoms with van der Waals surface area (Å²) < 4.78 is 5.27. The molecule has 0 atom stereocenters. The van der Waals surface area contributed by atoms with Gasteiger partial charge in [0.25, 0.3) is 0 Å². The zero-order chi connectivity index (χ0) is 14.0. The second-order valence-electron chi connectivity index (χ2n) is 4.43. The fraction of sp³-hybridized carbons (Fsp3) is 0.250. The van der Waals surface area contributed by atoms with Crippen LogP contribution in [0.3, 0.4) is 0 Å². The summed E-state index contributed by atoms with van der Waals surface area (Å²) in [5, 5.41) is 20.5. The van der Waals surface area contributed by atoms with E-state index in [0.717, 1.165) is 11.1 Å². The molecule has 0 bridgehead atoms. The van der Waals surface area contributed by atoms with Crippen molar-refractivity contribution >= 4 is 0 Å². The summed E-state index contributed by atoms with van der Waals surface area (Å²) >= 11 is 0. The van der Waals surface area contributed by atoms with Gasteiger partial charge in [-0.1, -0.05) is 37.3 Å². The minimum Gasteiger partial charge on any atom is -0.507 e. The molecule has 3 nitrogen and oxygen atoms in total. The van der Waals surface area contributed by atoms with Crippen molar-refractivity contribution in [1.29, 1.82) is 0 Å². The normalized spacial score (nSPS) is 10.5. The van der Waals surface area contributed by atoms with Gasteiger partial charge in [-0.15, -0.1) is 0 Å². The van der Waals surface area contributed by atoms with Crippen molar-refractivity contribution in [2.45, 2.75) is 20.3 Å². The molecule has 0 aliphatic heterocycles. The predicted octanol–water partition coefficient (Wildman–Crippen LogP) is 3.64. The first-order chi connectivity index (χ1) is 9.11. The first-order valence-corrected chi connectivity index (χ1v) is 6.28. The van der Waals surface area contributed by atoms with E-state index in [9.17, 15) is 10.2 Å². The van der Waals surface area contributed by atoms with Crippen LogP contribution in [0.15, 0.2) is 30.3 Å². The number of benzene rings is 2. The molecule has 0 heterocycles. The molecule has 0 unspecified atom stereocenters. The highest BCUT2D eigenvalue weighted by Crippen LogP contribution is 2.47. The number of ether oxygens (including phenoxy) is 1. The number of rotatable bonds is 3. The lowest BCUT2D eigenvalue weighted by atomic mass is 9.94. The molecule has 0 aromatic heterocycles. The largest absolute Gasteiger partial charge is 0.507 e. The molecule has 2 rings (SSSR count). The molecule has 100 valence electrons. The van der Waals surface area contributed by atoms with Crippen LogP contribution in [0.25, 0.3) is 11.1 Å². The van der Waals surface area contributed by atoms with Crippen LogP contribution in [-0.4, -0.2) is 17.3 Å². The smallest absolute Gasteiger partial charge is 0.164 e. The van der Waals surface area contributed by atoms with Crippen LogP contribution < -0.4 is 4.74 Å². The number of phenols is 2. The number of aromatic hydroxyl groups is 2. The molecule has 19 heavy (non-hydrogen) atoms. The summed E-state index contributed by atoms with van der Waals surface area (Å²) in [6.07, 6.45) is 0.536. The van der Waals surface area contributed by atoms with Crippen LogP contribution in [0, 0.1) is 6.92 Å². The Morgan fingerprint density at radius 1 is 1.05 bits per heavy atom. The van der Waals surface area contributed by atoms with E-state index < -0.39 is 0 Å². The van der Waals surface area contributed by atoms with Crippen molar-refractivity contribution in [1.82, 2.24) is 0 Å².